The van der Waals surface area contributed by atoms with E-state index in [0.717, 1.165) is 6.26 Å². The zero-order valence-corrected chi connectivity index (χ0v) is 8.33. The first-order valence-corrected chi connectivity index (χ1v) is 5.61. The van der Waals surface area contributed by atoms with Gasteiger partial charge in [0.25, 0.3) is 10.1 Å². The second-order valence-corrected chi connectivity index (χ2v) is 4.43. The number of hydrogen-bond acceptors (Lipinski definition) is 5. The Morgan fingerprint density at radius 1 is 1.69 bits per heavy atom. The molecule has 0 N–H and O–H groups in total. The van der Waals surface area contributed by atoms with Crippen LogP contribution in [0.2, 0.25) is 0 Å². The van der Waals surface area contributed by atoms with Crippen LogP contribution in [0.5, 0.6) is 0 Å². The largest absolute Gasteiger partial charge is 0.462 e. The number of rotatable bonds is 4. The maximum atomic E-state index is 10.7. The molecular weight excluding hydrogens is 196 g/mol. The smallest absolute Gasteiger partial charge is 0.264 e. The van der Waals surface area contributed by atoms with Crippen molar-refractivity contribution < 1.29 is 22.1 Å². The van der Waals surface area contributed by atoms with Gasteiger partial charge < -0.3 is 9.47 Å². The Balaban J connectivity index is 2.37. The van der Waals surface area contributed by atoms with Crippen molar-refractivity contribution in [1.29, 1.82) is 0 Å². The maximum Gasteiger partial charge on any atom is 0.264 e. The summed E-state index contributed by atoms with van der Waals surface area (Å²) >= 11 is 0. The molecule has 0 aromatic carbocycles. The molecule has 6 heteroatoms. The Kier molecular flexibility index (Phi) is 3.16. The van der Waals surface area contributed by atoms with Crippen LogP contribution in [0.15, 0.2) is 12.0 Å². The predicted octanol–water partition coefficient (Wildman–Crippen LogP) is 0.587. The lowest BCUT2D eigenvalue weighted by Gasteiger charge is -2.09. The summed E-state index contributed by atoms with van der Waals surface area (Å²) in [5, 5.41) is 0. The Labute approximate surface area is 77.4 Å². The number of hydrogen-bond donors (Lipinski definition) is 0. The molecule has 0 aliphatic carbocycles. The van der Waals surface area contributed by atoms with E-state index in [1.54, 1.807) is 6.92 Å². The summed E-state index contributed by atoms with van der Waals surface area (Å²) in [4.78, 5) is 0. The molecule has 0 spiro atoms. The first-order chi connectivity index (χ1) is 5.97. The van der Waals surface area contributed by atoms with Crippen LogP contribution in [0.1, 0.15) is 13.3 Å². The van der Waals surface area contributed by atoms with Crippen molar-refractivity contribution in [3.63, 3.8) is 0 Å². The van der Waals surface area contributed by atoms with Gasteiger partial charge in [-0.2, -0.15) is 8.42 Å². The molecule has 76 valence electrons. The summed E-state index contributed by atoms with van der Waals surface area (Å²) in [6, 6.07) is 0. The second-order valence-electron chi connectivity index (χ2n) is 2.83. The van der Waals surface area contributed by atoms with E-state index in [4.69, 9.17) is 13.7 Å². The van der Waals surface area contributed by atoms with Gasteiger partial charge in [0.2, 0.25) is 6.79 Å². The van der Waals surface area contributed by atoms with E-state index < -0.39 is 16.2 Å². The van der Waals surface area contributed by atoms with Crippen LogP contribution in [0.25, 0.3) is 0 Å². The van der Waals surface area contributed by atoms with Crippen molar-refractivity contribution in [2.45, 2.75) is 19.4 Å². The molecule has 1 rings (SSSR count). The van der Waals surface area contributed by atoms with Crippen molar-refractivity contribution in [1.82, 2.24) is 0 Å². The lowest BCUT2D eigenvalue weighted by molar-refractivity contribution is 0.0721. The van der Waals surface area contributed by atoms with E-state index in [1.165, 1.54) is 6.26 Å². The molecule has 1 unspecified atom stereocenters. The van der Waals surface area contributed by atoms with Crippen LogP contribution in [-0.4, -0.2) is 27.6 Å². The Morgan fingerprint density at radius 3 is 2.85 bits per heavy atom. The minimum absolute atomic E-state index is 0.195. The third-order valence-corrected chi connectivity index (χ3v) is 2.03. The Hall–Kier alpha value is -0.750. The van der Waals surface area contributed by atoms with Crippen molar-refractivity contribution >= 4 is 10.1 Å². The van der Waals surface area contributed by atoms with E-state index in [-0.39, 0.29) is 6.79 Å². The van der Waals surface area contributed by atoms with Gasteiger partial charge in [0.15, 0.2) is 0 Å². The van der Waals surface area contributed by atoms with Crippen molar-refractivity contribution in [2.75, 3.05) is 13.0 Å². The molecule has 0 saturated heterocycles. The van der Waals surface area contributed by atoms with Crippen LogP contribution in [0.3, 0.4) is 0 Å². The van der Waals surface area contributed by atoms with Crippen LogP contribution < -0.4 is 0 Å². The molecule has 0 bridgehead atoms. The van der Waals surface area contributed by atoms with Gasteiger partial charge in [0, 0.05) is 6.42 Å². The summed E-state index contributed by atoms with van der Waals surface area (Å²) in [5.41, 5.74) is 0. The lowest BCUT2D eigenvalue weighted by Crippen LogP contribution is -2.14. The molecule has 0 amide bonds. The zero-order chi connectivity index (χ0) is 9.90. The van der Waals surface area contributed by atoms with Gasteiger partial charge in [0.1, 0.15) is 12.0 Å². The summed E-state index contributed by atoms with van der Waals surface area (Å²) in [7, 11) is -3.39. The predicted molar refractivity (Wildman–Crippen MR) is 45.1 cm³/mol. The molecule has 0 aromatic heterocycles. The van der Waals surface area contributed by atoms with Gasteiger partial charge in [-0.05, 0) is 6.92 Å². The Morgan fingerprint density at radius 2 is 2.38 bits per heavy atom. The molecule has 0 radical (unpaired) electrons. The number of ether oxygens (including phenoxy) is 2. The molecule has 1 atom stereocenters. The summed E-state index contributed by atoms with van der Waals surface area (Å²) in [5.74, 6) is 0.608. The van der Waals surface area contributed by atoms with Gasteiger partial charge in [-0.1, -0.05) is 0 Å². The molecular formula is C7H12O5S. The average Bonchev–Trinajstić information content (AvgIpc) is 2.34. The minimum Gasteiger partial charge on any atom is -0.462 e. The molecule has 0 aromatic rings. The van der Waals surface area contributed by atoms with Gasteiger partial charge in [-0.25, -0.2) is 0 Å². The van der Waals surface area contributed by atoms with E-state index in [0.29, 0.717) is 12.2 Å². The molecule has 1 aliphatic rings. The van der Waals surface area contributed by atoms with Crippen LogP contribution >= 0.6 is 0 Å². The van der Waals surface area contributed by atoms with Gasteiger partial charge in [-0.15, -0.1) is 0 Å². The molecule has 5 nitrogen and oxygen atoms in total. The molecule has 1 heterocycles. The van der Waals surface area contributed by atoms with E-state index in [1.807, 2.05) is 0 Å². The van der Waals surface area contributed by atoms with Gasteiger partial charge in [0.05, 0.1) is 12.4 Å². The second kappa shape index (κ2) is 3.97. The highest BCUT2D eigenvalue weighted by molar-refractivity contribution is 7.86. The lowest BCUT2D eigenvalue weighted by atomic mass is 10.2. The van der Waals surface area contributed by atoms with Crippen molar-refractivity contribution in [2.24, 2.45) is 0 Å². The highest BCUT2D eigenvalue weighted by Gasteiger charge is 2.15. The normalized spacial score (nSPS) is 18.8. The van der Waals surface area contributed by atoms with Crippen molar-refractivity contribution in [3.05, 3.63) is 12.0 Å². The third kappa shape index (κ3) is 4.14. The summed E-state index contributed by atoms with van der Waals surface area (Å²) < 4.78 is 35.9. The molecule has 0 saturated carbocycles. The first kappa shape index (κ1) is 10.3. The summed E-state index contributed by atoms with van der Waals surface area (Å²) in [6.07, 6.45) is 2.45. The Bertz CT molecular complexity index is 292. The minimum atomic E-state index is -3.39. The fourth-order valence-electron chi connectivity index (χ4n) is 0.993. The molecule has 1 aliphatic heterocycles. The van der Waals surface area contributed by atoms with E-state index in [2.05, 4.69) is 0 Å². The quantitative estimate of drug-likeness (QED) is 0.633. The van der Waals surface area contributed by atoms with Crippen LogP contribution in [0, 0.1) is 0 Å². The third-order valence-electron chi connectivity index (χ3n) is 1.35. The SMILES string of the molecule is CC(CC1=COCO1)OS(C)(=O)=O. The monoisotopic (exact) mass is 208 g/mol. The molecule has 13 heavy (non-hydrogen) atoms. The summed E-state index contributed by atoms with van der Waals surface area (Å²) in [6.45, 7) is 1.85. The van der Waals surface area contributed by atoms with Gasteiger partial charge >= 0.3 is 0 Å². The topological polar surface area (TPSA) is 61.8 Å². The highest BCUT2D eigenvalue weighted by atomic mass is 32.2. The first-order valence-electron chi connectivity index (χ1n) is 3.79. The highest BCUT2D eigenvalue weighted by Crippen LogP contribution is 2.15. The fourth-order valence-corrected chi connectivity index (χ4v) is 1.66. The molecule has 0 fully saturated rings. The van der Waals surface area contributed by atoms with Crippen LogP contribution in [0.4, 0.5) is 0 Å². The van der Waals surface area contributed by atoms with E-state index >= 15 is 0 Å². The van der Waals surface area contributed by atoms with Gasteiger partial charge in [-0.3, -0.25) is 4.18 Å². The van der Waals surface area contributed by atoms with E-state index in [9.17, 15) is 8.42 Å². The standard InChI is InChI=1S/C7H12O5S/c1-6(12-13(2,8)9)3-7-4-10-5-11-7/h4,6H,3,5H2,1-2H3. The van der Waals surface area contributed by atoms with Crippen LogP contribution in [-0.2, 0) is 23.8 Å². The average molecular weight is 208 g/mol. The fraction of sp³-hybridized carbons (Fsp3) is 0.714. The van der Waals surface area contributed by atoms with Crippen molar-refractivity contribution in [3.8, 4) is 0 Å². The zero-order valence-electron chi connectivity index (χ0n) is 7.52. The maximum absolute atomic E-state index is 10.7.